The molecule has 0 aliphatic carbocycles. The third-order valence-corrected chi connectivity index (χ3v) is 6.66. The fraction of sp³-hybridized carbons (Fsp3) is 0. The lowest BCUT2D eigenvalue weighted by molar-refractivity contribution is 1.62. The van der Waals surface area contributed by atoms with Crippen molar-refractivity contribution in [1.29, 1.82) is 0 Å². The Morgan fingerprint density at radius 1 is 0.303 bits per heavy atom. The van der Waals surface area contributed by atoms with Crippen LogP contribution in [0.5, 0.6) is 0 Å². The van der Waals surface area contributed by atoms with Crippen molar-refractivity contribution in [2.75, 3.05) is 0 Å². The molecule has 1 heteroatoms. The molecule has 0 aliphatic rings. The van der Waals surface area contributed by atoms with Gasteiger partial charge in [0.2, 0.25) is 0 Å². The molecule has 158 valence electrons. The molecule has 6 rings (SSSR count). The van der Waals surface area contributed by atoms with E-state index in [1.54, 1.807) is 0 Å². The summed E-state index contributed by atoms with van der Waals surface area (Å²) in [5.41, 5.74) is 5.12. The van der Waals surface area contributed by atoms with Crippen LogP contribution in [0.4, 0.5) is 0 Å². The van der Waals surface area contributed by atoms with E-state index in [-0.39, 0.29) is 0 Å². The van der Waals surface area contributed by atoms with Crippen molar-refractivity contribution in [1.82, 2.24) is 0 Å². The molecule has 0 heterocycles. The number of hydrogen-bond donors (Lipinski definition) is 0. The summed E-state index contributed by atoms with van der Waals surface area (Å²) in [4.78, 5) is 0. The molecule has 33 heavy (non-hydrogen) atoms. The van der Waals surface area contributed by atoms with Gasteiger partial charge >= 0.3 is 0 Å². The Hall–Kier alpha value is -3.68. The molecule has 0 unspecified atom stereocenters. The van der Waals surface area contributed by atoms with E-state index in [0.717, 1.165) is 0 Å². The first-order valence-corrected chi connectivity index (χ1v) is 11.9. The van der Waals surface area contributed by atoms with Crippen LogP contribution in [0, 0.1) is 0 Å². The molecule has 0 bridgehead atoms. The average Bonchev–Trinajstić information content (AvgIpc) is 2.91. The van der Waals surface area contributed by atoms with Crippen LogP contribution in [-0.4, -0.2) is 0 Å². The van der Waals surface area contributed by atoms with Gasteiger partial charge < -0.3 is 0 Å². The van der Waals surface area contributed by atoms with Crippen molar-refractivity contribution < 1.29 is 0 Å². The van der Waals surface area contributed by atoms with Crippen LogP contribution in [0.25, 0.3) is 43.8 Å². The average molecular weight is 487 g/mol. The van der Waals surface area contributed by atoms with Crippen LogP contribution in [0.1, 0.15) is 0 Å². The number of fused-ring (bicyclic) bond motifs is 2. The highest BCUT2D eigenvalue weighted by Gasteiger charge is 2.12. The molecule has 0 fully saturated rings. The first-order valence-electron chi connectivity index (χ1n) is 11.1. The van der Waals surface area contributed by atoms with Crippen molar-refractivity contribution in [3.8, 4) is 22.3 Å². The second kappa shape index (κ2) is 9.85. The van der Waals surface area contributed by atoms with E-state index >= 15 is 0 Å². The summed E-state index contributed by atoms with van der Waals surface area (Å²) in [5.74, 6) is 0. The summed E-state index contributed by atoms with van der Waals surface area (Å²) in [6, 6.07) is 48.6. The fourth-order valence-corrected chi connectivity index (χ4v) is 4.94. The second-order valence-electron chi connectivity index (χ2n) is 7.88. The second-order valence-corrected chi connectivity index (χ2v) is 8.67. The summed E-state index contributed by atoms with van der Waals surface area (Å²) in [6.45, 7) is 0. The van der Waals surface area contributed by atoms with Crippen LogP contribution in [0.2, 0.25) is 0 Å². The van der Waals surface area contributed by atoms with Gasteiger partial charge in [-0.2, -0.15) is 0 Å². The summed E-state index contributed by atoms with van der Waals surface area (Å²) in [7, 11) is 0. The summed E-state index contributed by atoms with van der Waals surface area (Å²) in [6.07, 6.45) is 0. The molecular formula is C32H23Br. The maximum Gasteiger partial charge on any atom is 0.0332 e. The maximum absolute atomic E-state index is 3.79. The van der Waals surface area contributed by atoms with Gasteiger partial charge in [0.15, 0.2) is 0 Å². The minimum atomic E-state index is 1.17. The SMILES string of the molecule is Brc1c2ccccc2c(-c2ccccc2)c2ccccc12.c1ccc(-c2ccccc2)cc1. The van der Waals surface area contributed by atoms with Gasteiger partial charge in [-0.3, -0.25) is 0 Å². The predicted molar refractivity (Wildman–Crippen MR) is 146 cm³/mol. The van der Waals surface area contributed by atoms with Gasteiger partial charge in [0.1, 0.15) is 0 Å². The lowest BCUT2D eigenvalue weighted by Gasteiger charge is -2.14. The van der Waals surface area contributed by atoms with Crippen LogP contribution in [-0.2, 0) is 0 Å². The Balaban J connectivity index is 0.000000162. The van der Waals surface area contributed by atoms with E-state index in [0.29, 0.717) is 0 Å². The quantitative estimate of drug-likeness (QED) is 0.213. The van der Waals surface area contributed by atoms with Crippen molar-refractivity contribution in [2.45, 2.75) is 0 Å². The Labute approximate surface area is 203 Å². The molecule has 0 nitrogen and oxygen atoms in total. The van der Waals surface area contributed by atoms with Crippen LogP contribution >= 0.6 is 15.9 Å². The smallest absolute Gasteiger partial charge is 0.0332 e. The Bertz CT molecular complexity index is 1390. The fourth-order valence-electron chi connectivity index (χ4n) is 4.25. The first-order chi connectivity index (χ1) is 16.3. The highest BCUT2D eigenvalue weighted by molar-refractivity contribution is 9.10. The van der Waals surface area contributed by atoms with Gasteiger partial charge in [0, 0.05) is 4.47 Å². The van der Waals surface area contributed by atoms with E-state index in [2.05, 4.69) is 143 Å². The van der Waals surface area contributed by atoms with E-state index in [9.17, 15) is 0 Å². The third kappa shape index (κ3) is 4.46. The van der Waals surface area contributed by atoms with E-state index < -0.39 is 0 Å². The highest BCUT2D eigenvalue weighted by Crippen LogP contribution is 2.41. The molecule has 0 saturated carbocycles. The minimum absolute atomic E-state index is 1.17. The molecule has 6 aromatic rings. The number of benzene rings is 6. The standard InChI is InChI=1S/C20H13Br.C12H10/c21-20-17-12-6-4-10-15(17)19(14-8-2-1-3-9-14)16-11-5-7-13-18(16)20;1-3-7-11(8-4-1)12-9-5-2-6-10-12/h1-13H;1-10H. The molecular weight excluding hydrogens is 464 g/mol. The van der Waals surface area contributed by atoms with Gasteiger partial charge in [-0.25, -0.2) is 0 Å². The van der Waals surface area contributed by atoms with Crippen molar-refractivity contribution in [3.05, 3.63) is 144 Å². The maximum atomic E-state index is 3.79. The lowest BCUT2D eigenvalue weighted by Crippen LogP contribution is -1.86. The molecule has 6 aromatic carbocycles. The number of halogens is 1. The normalized spacial score (nSPS) is 10.6. The molecule has 0 radical (unpaired) electrons. The molecule has 0 aliphatic heterocycles. The molecule has 0 saturated heterocycles. The summed E-state index contributed by atoms with van der Waals surface area (Å²) < 4.78 is 1.17. The zero-order chi connectivity index (χ0) is 22.5. The third-order valence-electron chi connectivity index (χ3n) is 5.81. The largest absolute Gasteiger partial charge is 0.0622 e. The predicted octanol–water partition coefficient (Wildman–Crippen LogP) is 9.78. The lowest BCUT2D eigenvalue weighted by atomic mass is 9.92. The molecule has 0 spiro atoms. The molecule has 0 aromatic heterocycles. The summed E-state index contributed by atoms with van der Waals surface area (Å²) >= 11 is 3.79. The monoisotopic (exact) mass is 486 g/mol. The van der Waals surface area contributed by atoms with Crippen LogP contribution in [0.3, 0.4) is 0 Å². The topological polar surface area (TPSA) is 0 Å². The minimum Gasteiger partial charge on any atom is -0.0622 e. The molecule has 0 amide bonds. The highest BCUT2D eigenvalue weighted by atomic mass is 79.9. The Morgan fingerprint density at radius 2 is 0.606 bits per heavy atom. The Morgan fingerprint density at radius 3 is 1.00 bits per heavy atom. The first kappa shape index (κ1) is 21.2. The van der Waals surface area contributed by atoms with Crippen molar-refractivity contribution in [2.24, 2.45) is 0 Å². The zero-order valence-electron chi connectivity index (χ0n) is 18.2. The molecule has 0 N–H and O–H groups in total. The van der Waals surface area contributed by atoms with Gasteiger partial charge in [0.25, 0.3) is 0 Å². The van der Waals surface area contributed by atoms with E-state index in [1.165, 1.54) is 48.3 Å². The van der Waals surface area contributed by atoms with Gasteiger partial charge in [-0.15, -0.1) is 0 Å². The summed E-state index contributed by atoms with van der Waals surface area (Å²) in [5, 5.41) is 5.09. The zero-order valence-corrected chi connectivity index (χ0v) is 19.7. The van der Waals surface area contributed by atoms with E-state index in [4.69, 9.17) is 0 Å². The number of rotatable bonds is 2. The van der Waals surface area contributed by atoms with Crippen LogP contribution < -0.4 is 0 Å². The van der Waals surface area contributed by atoms with Crippen molar-refractivity contribution >= 4 is 37.5 Å². The van der Waals surface area contributed by atoms with Gasteiger partial charge in [-0.05, 0) is 59.7 Å². The van der Waals surface area contributed by atoms with Gasteiger partial charge in [-0.1, -0.05) is 140 Å². The number of hydrogen-bond acceptors (Lipinski definition) is 0. The molecule has 0 atom stereocenters. The van der Waals surface area contributed by atoms with E-state index in [1.807, 2.05) is 12.1 Å². The Kier molecular flexibility index (Phi) is 6.32. The van der Waals surface area contributed by atoms with Crippen LogP contribution in [0.15, 0.2) is 144 Å². The van der Waals surface area contributed by atoms with Gasteiger partial charge in [0.05, 0.1) is 0 Å². The van der Waals surface area contributed by atoms with Crippen molar-refractivity contribution in [3.63, 3.8) is 0 Å².